The van der Waals surface area contributed by atoms with Gasteiger partial charge in [-0.3, -0.25) is 0 Å². The van der Waals surface area contributed by atoms with Gasteiger partial charge in [0, 0.05) is 0 Å². The lowest BCUT2D eigenvalue weighted by atomic mass is 9.95. The number of rotatable bonds is 4. The normalized spacial score (nSPS) is 12.9. The molecular formula is C12H17BrFN. The predicted octanol–water partition coefficient (Wildman–Crippen LogP) is 3.60. The average Bonchev–Trinajstić information content (AvgIpc) is 2.22. The Morgan fingerprint density at radius 3 is 2.67 bits per heavy atom. The molecule has 0 radical (unpaired) electrons. The van der Waals surface area contributed by atoms with E-state index in [0.717, 1.165) is 24.0 Å². The van der Waals surface area contributed by atoms with Crippen molar-refractivity contribution in [3.05, 3.63) is 33.5 Å². The molecular weight excluding hydrogens is 257 g/mol. The second kappa shape index (κ2) is 5.61. The summed E-state index contributed by atoms with van der Waals surface area (Å²) in [6.07, 6.45) is 1.73. The third-order valence-electron chi connectivity index (χ3n) is 2.65. The van der Waals surface area contributed by atoms with E-state index in [0.29, 0.717) is 11.0 Å². The van der Waals surface area contributed by atoms with Crippen LogP contribution in [0.2, 0.25) is 0 Å². The molecule has 1 rings (SSSR count). The van der Waals surface area contributed by atoms with Gasteiger partial charge in [-0.2, -0.15) is 0 Å². The summed E-state index contributed by atoms with van der Waals surface area (Å²) in [5.74, 6) is 0.0333. The monoisotopic (exact) mass is 273 g/mol. The molecule has 0 fully saturated rings. The van der Waals surface area contributed by atoms with E-state index in [1.165, 1.54) is 0 Å². The first-order valence-electron chi connectivity index (χ1n) is 5.28. The lowest BCUT2D eigenvalue weighted by Crippen LogP contribution is -2.07. The molecule has 1 atom stereocenters. The highest BCUT2D eigenvalue weighted by atomic mass is 79.9. The van der Waals surface area contributed by atoms with E-state index >= 15 is 0 Å². The molecule has 2 N–H and O–H groups in total. The predicted molar refractivity (Wildman–Crippen MR) is 65.6 cm³/mol. The van der Waals surface area contributed by atoms with Crippen LogP contribution in [0.3, 0.4) is 0 Å². The molecule has 0 saturated carbocycles. The summed E-state index contributed by atoms with van der Waals surface area (Å²) in [4.78, 5) is 0. The fourth-order valence-corrected chi connectivity index (χ4v) is 2.16. The molecule has 0 heterocycles. The van der Waals surface area contributed by atoms with Gasteiger partial charge in [0.25, 0.3) is 0 Å². The average molecular weight is 274 g/mol. The van der Waals surface area contributed by atoms with Gasteiger partial charge in [0.1, 0.15) is 5.82 Å². The van der Waals surface area contributed by atoms with Crippen molar-refractivity contribution in [2.45, 2.75) is 32.6 Å². The van der Waals surface area contributed by atoms with Crippen LogP contribution in [-0.4, -0.2) is 6.54 Å². The first-order chi connectivity index (χ1) is 7.10. The topological polar surface area (TPSA) is 26.0 Å². The van der Waals surface area contributed by atoms with Crippen LogP contribution in [0.4, 0.5) is 4.39 Å². The summed E-state index contributed by atoms with van der Waals surface area (Å²) < 4.78 is 14.4. The minimum Gasteiger partial charge on any atom is -0.330 e. The molecule has 1 aromatic rings. The van der Waals surface area contributed by atoms with Gasteiger partial charge in [0.05, 0.1) is 4.47 Å². The first-order valence-corrected chi connectivity index (χ1v) is 6.07. The summed E-state index contributed by atoms with van der Waals surface area (Å²) >= 11 is 3.25. The van der Waals surface area contributed by atoms with Crippen LogP contribution in [0.15, 0.2) is 16.6 Å². The summed E-state index contributed by atoms with van der Waals surface area (Å²) in [5, 5.41) is 0. The van der Waals surface area contributed by atoms with Crippen LogP contribution in [-0.2, 0) is 6.42 Å². The quantitative estimate of drug-likeness (QED) is 0.891. The zero-order chi connectivity index (χ0) is 11.4. The van der Waals surface area contributed by atoms with Crippen molar-refractivity contribution in [3.63, 3.8) is 0 Å². The van der Waals surface area contributed by atoms with Crippen molar-refractivity contribution in [3.8, 4) is 0 Å². The van der Waals surface area contributed by atoms with Gasteiger partial charge in [-0.15, -0.1) is 0 Å². The maximum Gasteiger partial charge on any atom is 0.140 e. The molecule has 0 bridgehead atoms. The van der Waals surface area contributed by atoms with E-state index in [4.69, 9.17) is 5.73 Å². The summed E-state index contributed by atoms with van der Waals surface area (Å²) in [6, 6.07) is 3.79. The third-order valence-corrected chi connectivity index (χ3v) is 3.23. The van der Waals surface area contributed by atoms with Crippen molar-refractivity contribution >= 4 is 15.9 Å². The maximum atomic E-state index is 13.8. The van der Waals surface area contributed by atoms with Crippen molar-refractivity contribution in [2.75, 3.05) is 6.54 Å². The van der Waals surface area contributed by atoms with E-state index in [1.807, 2.05) is 19.1 Å². The second-order valence-corrected chi connectivity index (χ2v) is 4.67. The third kappa shape index (κ3) is 3.02. The Morgan fingerprint density at radius 1 is 1.47 bits per heavy atom. The smallest absolute Gasteiger partial charge is 0.140 e. The second-order valence-electron chi connectivity index (χ2n) is 3.81. The Balaban J connectivity index is 3.09. The fourth-order valence-electron chi connectivity index (χ4n) is 1.64. The molecule has 1 aromatic carbocycles. The van der Waals surface area contributed by atoms with Crippen molar-refractivity contribution < 1.29 is 4.39 Å². The number of halogens is 2. The number of aryl methyl sites for hydroxylation is 1. The Hall–Kier alpha value is -0.410. The lowest BCUT2D eigenvalue weighted by Gasteiger charge is -2.14. The summed E-state index contributed by atoms with van der Waals surface area (Å²) in [7, 11) is 0. The van der Waals surface area contributed by atoms with Crippen LogP contribution in [0.25, 0.3) is 0 Å². The number of benzene rings is 1. The van der Waals surface area contributed by atoms with E-state index in [-0.39, 0.29) is 11.7 Å². The molecule has 0 aliphatic heterocycles. The van der Waals surface area contributed by atoms with Gasteiger partial charge in [0.2, 0.25) is 0 Å². The highest BCUT2D eigenvalue weighted by Crippen LogP contribution is 2.28. The Kier molecular flexibility index (Phi) is 4.74. The first kappa shape index (κ1) is 12.7. The highest BCUT2D eigenvalue weighted by molar-refractivity contribution is 9.10. The van der Waals surface area contributed by atoms with Gasteiger partial charge < -0.3 is 5.73 Å². The SMILES string of the molecule is CCc1cc(Br)c(F)c(C(C)CCN)c1. The van der Waals surface area contributed by atoms with Crippen LogP contribution < -0.4 is 5.73 Å². The van der Waals surface area contributed by atoms with Gasteiger partial charge in [0.15, 0.2) is 0 Å². The fraction of sp³-hybridized carbons (Fsp3) is 0.500. The van der Waals surface area contributed by atoms with E-state index in [1.54, 1.807) is 0 Å². The Bertz CT molecular complexity index is 339. The zero-order valence-electron chi connectivity index (χ0n) is 9.19. The number of hydrogen-bond donors (Lipinski definition) is 1. The van der Waals surface area contributed by atoms with Gasteiger partial charge in [-0.25, -0.2) is 4.39 Å². The van der Waals surface area contributed by atoms with Crippen LogP contribution in [0, 0.1) is 5.82 Å². The van der Waals surface area contributed by atoms with Crippen LogP contribution >= 0.6 is 15.9 Å². The minimum absolute atomic E-state index is 0.145. The van der Waals surface area contributed by atoms with Crippen LogP contribution in [0.5, 0.6) is 0 Å². The molecule has 0 spiro atoms. The standard InChI is InChI=1S/C12H17BrFN/c1-3-9-6-10(8(2)4-5-15)12(14)11(13)7-9/h6-8H,3-5,15H2,1-2H3. The number of nitrogens with two attached hydrogens (primary N) is 1. The maximum absolute atomic E-state index is 13.8. The molecule has 1 unspecified atom stereocenters. The van der Waals surface area contributed by atoms with E-state index in [2.05, 4.69) is 22.9 Å². The van der Waals surface area contributed by atoms with Gasteiger partial charge >= 0.3 is 0 Å². The molecule has 0 aromatic heterocycles. The molecule has 1 nitrogen and oxygen atoms in total. The highest BCUT2D eigenvalue weighted by Gasteiger charge is 2.14. The molecule has 0 amide bonds. The Labute approximate surface area is 99.0 Å². The Morgan fingerprint density at radius 2 is 2.13 bits per heavy atom. The van der Waals surface area contributed by atoms with E-state index < -0.39 is 0 Å². The van der Waals surface area contributed by atoms with Crippen molar-refractivity contribution in [2.24, 2.45) is 5.73 Å². The minimum atomic E-state index is -0.145. The zero-order valence-corrected chi connectivity index (χ0v) is 10.8. The molecule has 15 heavy (non-hydrogen) atoms. The number of hydrogen-bond acceptors (Lipinski definition) is 1. The van der Waals surface area contributed by atoms with Crippen LogP contribution in [0.1, 0.15) is 37.3 Å². The van der Waals surface area contributed by atoms with Crippen molar-refractivity contribution in [1.82, 2.24) is 0 Å². The lowest BCUT2D eigenvalue weighted by molar-refractivity contribution is 0.570. The van der Waals surface area contributed by atoms with Gasteiger partial charge in [-0.1, -0.05) is 19.9 Å². The summed E-state index contributed by atoms with van der Waals surface area (Å²) in [6.45, 7) is 4.67. The molecule has 0 aliphatic carbocycles. The largest absolute Gasteiger partial charge is 0.330 e. The van der Waals surface area contributed by atoms with E-state index in [9.17, 15) is 4.39 Å². The molecule has 0 aliphatic rings. The molecule has 84 valence electrons. The molecule has 0 saturated heterocycles. The van der Waals surface area contributed by atoms with Gasteiger partial charge in [-0.05, 0) is 58.4 Å². The molecule has 3 heteroatoms. The van der Waals surface area contributed by atoms with Crippen molar-refractivity contribution in [1.29, 1.82) is 0 Å². The summed E-state index contributed by atoms with van der Waals surface area (Å²) in [5.41, 5.74) is 7.42.